The third-order valence-electron chi connectivity index (χ3n) is 0.656. The number of carbonyl (C=O) groups excluding carboxylic acids is 2. The zero-order chi connectivity index (χ0) is 7.28. The van der Waals surface area contributed by atoms with Gasteiger partial charge in [-0.15, -0.1) is 0 Å². The molecule has 0 fully saturated rings. The van der Waals surface area contributed by atoms with Crippen LogP contribution >= 0.6 is 0 Å². The molecule has 0 aromatic carbocycles. The summed E-state index contributed by atoms with van der Waals surface area (Å²) in [5, 5.41) is 0. The quantitative estimate of drug-likeness (QED) is 0.275. The minimum Gasteiger partial charge on any atom is -0.499 e. The molecule has 0 amide bonds. The van der Waals surface area contributed by atoms with Gasteiger partial charge in [0.25, 0.3) is 0 Å². The minimum atomic E-state index is -0.502. The van der Waals surface area contributed by atoms with Crippen LogP contribution in [0.15, 0.2) is 0 Å². The molecule has 60 valence electrons. The van der Waals surface area contributed by atoms with Gasteiger partial charge in [-0.2, -0.15) is 0 Å². The van der Waals surface area contributed by atoms with E-state index in [-0.39, 0.29) is 35.9 Å². The number of esters is 1. The Kier molecular flexibility index (Phi) is 8.36. The van der Waals surface area contributed by atoms with E-state index in [1.54, 1.807) is 0 Å². The molecule has 0 atom stereocenters. The summed E-state index contributed by atoms with van der Waals surface area (Å²) in [7, 11) is 0. The number of ether oxygens (including phenoxy) is 1. The van der Waals surface area contributed by atoms with Gasteiger partial charge in [-0.05, 0) is 13.5 Å². The maximum absolute atomic E-state index is 10.4. The van der Waals surface area contributed by atoms with Crippen LogP contribution in [0.1, 0.15) is 13.3 Å². The van der Waals surface area contributed by atoms with Crippen molar-refractivity contribution in [3.63, 3.8) is 0 Å². The van der Waals surface area contributed by atoms with Gasteiger partial charge in [-0.1, -0.05) is 0 Å². The standard InChI is InChI=1S/C6H9O3.Fe/c1-3-9-6(8)4-5(2)7;/h1,3-4H2,2H3;/q-1;. The minimum absolute atomic E-state index is 0. The van der Waals surface area contributed by atoms with Gasteiger partial charge in [0.2, 0.25) is 0 Å². The van der Waals surface area contributed by atoms with E-state index >= 15 is 0 Å². The summed E-state index contributed by atoms with van der Waals surface area (Å²) in [6, 6.07) is 0. The van der Waals surface area contributed by atoms with E-state index in [1.807, 2.05) is 0 Å². The Bertz CT molecular complexity index is 122. The fourth-order valence-electron chi connectivity index (χ4n) is 0.368. The summed E-state index contributed by atoms with van der Waals surface area (Å²) in [5.41, 5.74) is 0. The average molecular weight is 185 g/mol. The molecule has 0 aromatic rings. The van der Waals surface area contributed by atoms with Gasteiger partial charge in [0.05, 0.1) is 0 Å². The first-order chi connectivity index (χ1) is 4.16. The topological polar surface area (TPSA) is 43.4 Å². The third-order valence-corrected chi connectivity index (χ3v) is 0.656. The Balaban J connectivity index is 0. The van der Waals surface area contributed by atoms with E-state index in [4.69, 9.17) is 0 Å². The summed E-state index contributed by atoms with van der Waals surface area (Å²) in [4.78, 5) is 20.6. The van der Waals surface area contributed by atoms with Crippen molar-refractivity contribution in [2.45, 2.75) is 13.3 Å². The molecule has 0 aliphatic heterocycles. The maximum atomic E-state index is 10.4. The van der Waals surface area contributed by atoms with E-state index in [0.29, 0.717) is 0 Å². The number of ketones is 1. The molecule has 0 heterocycles. The van der Waals surface area contributed by atoms with Crippen molar-refractivity contribution in [3.05, 3.63) is 6.92 Å². The van der Waals surface area contributed by atoms with Crippen molar-refractivity contribution >= 4 is 11.8 Å². The van der Waals surface area contributed by atoms with Crippen LogP contribution in [0.2, 0.25) is 0 Å². The van der Waals surface area contributed by atoms with Crippen LogP contribution in [0, 0.1) is 6.92 Å². The Labute approximate surface area is 70.6 Å². The van der Waals surface area contributed by atoms with E-state index in [0.717, 1.165) is 0 Å². The number of hydrogen-bond acceptors (Lipinski definition) is 3. The van der Waals surface area contributed by atoms with Gasteiger partial charge < -0.3 is 11.7 Å². The molecular formula is C6H9FeO3-. The molecule has 0 aliphatic rings. The second-order valence-corrected chi connectivity index (χ2v) is 1.60. The van der Waals surface area contributed by atoms with Gasteiger partial charge in [-0.3, -0.25) is 9.59 Å². The molecule has 0 N–H and O–H groups in total. The Morgan fingerprint density at radius 1 is 1.50 bits per heavy atom. The van der Waals surface area contributed by atoms with Crippen molar-refractivity contribution in [1.29, 1.82) is 0 Å². The molecule has 0 aromatic heterocycles. The van der Waals surface area contributed by atoms with Crippen LogP contribution in [0.3, 0.4) is 0 Å². The van der Waals surface area contributed by atoms with Crippen molar-refractivity contribution in [2.75, 3.05) is 6.61 Å². The fraction of sp³-hybridized carbons (Fsp3) is 0.500. The second-order valence-electron chi connectivity index (χ2n) is 1.60. The predicted octanol–water partition coefficient (Wildman–Crippen LogP) is 0.340. The SMILES string of the molecule is [CH2-]COC(=O)CC(C)=O.[Fe]. The van der Waals surface area contributed by atoms with Gasteiger partial charge in [-0.25, -0.2) is 0 Å². The third kappa shape index (κ3) is 7.66. The average Bonchev–Trinajstić information content (AvgIpc) is 1.63. The summed E-state index contributed by atoms with van der Waals surface area (Å²) in [6.45, 7) is 4.71. The molecule has 0 spiro atoms. The largest absolute Gasteiger partial charge is 0.499 e. The summed E-state index contributed by atoms with van der Waals surface area (Å²) >= 11 is 0. The van der Waals surface area contributed by atoms with Crippen LogP contribution in [0.4, 0.5) is 0 Å². The molecule has 0 rings (SSSR count). The first-order valence-electron chi connectivity index (χ1n) is 2.61. The van der Waals surface area contributed by atoms with E-state index in [9.17, 15) is 9.59 Å². The van der Waals surface area contributed by atoms with E-state index in [2.05, 4.69) is 11.7 Å². The molecule has 0 bridgehead atoms. The zero-order valence-electron chi connectivity index (χ0n) is 5.70. The van der Waals surface area contributed by atoms with E-state index in [1.165, 1.54) is 6.92 Å². The molecule has 0 aliphatic carbocycles. The Morgan fingerprint density at radius 2 is 2.00 bits per heavy atom. The van der Waals surface area contributed by atoms with Crippen molar-refractivity contribution < 1.29 is 31.4 Å². The molecule has 0 saturated carbocycles. The monoisotopic (exact) mass is 185 g/mol. The number of rotatable bonds is 3. The molecule has 0 unspecified atom stereocenters. The van der Waals surface area contributed by atoms with Gasteiger partial charge in [0.15, 0.2) is 0 Å². The van der Waals surface area contributed by atoms with Crippen LogP contribution in [-0.4, -0.2) is 18.4 Å². The smallest absolute Gasteiger partial charge is 0.310 e. The molecule has 4 heteroatoms. The first-order valence-corrected chi connectivity index (χ1v) is 2.61. The zero-order valence-corrected chi connectivity index (χ0v) is 6.80. The summed E-state index contributed by atoms with van der Waals surface area (Å²) in [5.74, 6) is -0.689. The van der Waals surface area contributed by atoms with Crippen molar-refractivity contribution in [1.82, 2.24) is 0 Å². The maximum Gasteiger partial charge on any atom is 0.310 e. The van der Waals surface area contributed by atoms with Crippen LogP contribution in [0.25, 0.3) is 0 Å². The number of Topliss-reactive ketones (excluding diaryl/α,β-unsaturated/α-hetero) is 1. The van der Waals surface area contributed by atoms with Gasteiger partial charge in [0.1, 0.15) is 12.2 Å². The summed E-state index contributed by atoms with van der Waals surface area (Å²) < 4.78 is 4.38. The van der Waals surface area contributed by atoms with Crippen LogP contribution in [0.5, 0.6) is 0 Å². The fourth-order valence-corrected chi connectivity index (χ4v) is 0.368. The van der Waals surface area contributed by atoms with Gasteiger partial charge >= 0.3 is 5.97 Å². The Morgan fingerprint density at radius 3 is 2.30 bits per heavy atom. The number of hydrogen-bond donors (Lipinski definition) is 0. The van der Waals surface area contributed by atoms with Crippen molar-refractivity contribution in [2.24, 2.45) is 0 Å². The molecule has 3 nitrogen and oxygen atoms in total. The first kappa shape index (κ1) is 12.3. The van der Waals surface area contributed by atoms with Crippen molar-refractivity contribution in [3.8, 4) is 0 Å². The second kappa shape index (κ2) is 6.77. The normalized spacial score (nSPS) is 7.80. The molecular weight excluding hydrogens is 176 g/mol. The predicted molar refractivity (Wildman–Crippen MR) is 31.6 cm³/mol. The Hall–Kier alpha value is -0.341. The molecule has 0 saturated heterocycles. The molecule has 10 heavy (non-hydrogen) atoms. The number of carbonyl (C=O) groups is 2. The van der Waals surface area contributed by atoms with Gasteiger partial charge in [0, 0.05) is 17.1 Å². The van der Waals surface area contributed by atoms with Crippen LogP contribution < -0.4 is 0 Å². The molecule has 0 radical (unpaired) electrons. The van der Waals surface area contributed by atoms with Crippen LogP contribution in [-0.2, 0) is 31.4 Å². The summed E-state index contributed by atoms with van der Waals surface area (Å²) in [6.07, 6.45) is -0.143. The van der Waals surface area contributed by atoms with E-state index < -0.39 is 5.97 Å².